The second kappa shape index (κ2) is 2.09. The van der Waals surface area contributed by atoms with Crippen LogP contribution in [0.25, 0.3) is 0 Å². The maximum atomic E-state index is 8.91. The predicted octanol–water partition coefficient (Wildman–Crippen LogP) is 2.61. The quantitative estimate of drug-likeness (QED) is 0.624. The van der Waals surface area contributed by atoms with E-state index in [4.69, 9.17) is 5.26 Å². The van der Waals surface area contributed by atoms with E-state index in [1.54, 1.807) is 11.3 Å². The zero-order valence-corrected chi connectivity index (χ0v) is 7.24. The van der Waals surface area contributed by atoms with Gasteiger partial charge in [-0.25, -0.2) is 0 Å². The van der Waals surface area contributed by atoms with Crippen molar-refractivity contribution in [2.24, 2.45) is 0 Å². The Kier molecular flexibility index (Phi) is 1.30. The molecule has 11 heavy (non-hydrogen) atoms. The zero-order valence-electron chi connectivity index (χ0n) is 6.42. The Morgan fingerprint density at radius 3 is 2.64 bits per heavy atom. The van der Waals surface area contributed by atoms with Crippen molar-refractivity contribution in [3.05, 3.63) is 21.9 Å². The Balaban J connectivity index is 2.45. The van der Waals surface area contributed by atoms with E-state index in [1.165, 1.54) is 11.1 Å². The lowest BCUT2D eigenvalue weighted by atomic mass is 9.98. The summed E-state index contributed by atoms with van der Waals surface area (Å²) in [5, 5.41) is 13.1. The molecule has 0 unspecified atom stereocenters. The van der Waals surface area contributed by atoms with Gasteiger partial charge in [-0.15, -0.1) is 0 Å². The molecule has 1 aromatic heterocycles. The fraction of sp³-hybridized carbons (Fsp3) is 0.444. The van der Waals surface area contributed by atoms with Gasteiger partial charge in [0, 0.05) is 0 Å². The summed E-state index contributed by atoms with van der Waals surface area (Å²) in [6, 6.07) is 2.40. The van der Waals surface area contributed by atoms with Gasteiger partial charge in [0.1, 0.15) is 0 Å². The summed E-state index contributed by atoms with van der Waals surface area (Å²) >= 11 is 1.70. The maximum absolute atomic E-state index is 8.91. The first kappa shape index (κ1) is 6.87. The zero-order chi connectivity index (χ0) is 7.90. The van der Waals surface area contributed by atoms with E-state index >= 15 is 0 Å². The lowest BCUT2D eigenvalue weighted by Gasteiger charge is -2.02. The summed E-state index contributed by atoms with van der Waals surface area (Å²) in [5.74, 6) is 0. The smallest absolute Gasteiger partial charge is 0.0834 e. The predicted molar refractivity (Wildman–Crippen MR) is 45.6 cm³/mol. The van der Waals surface area contributed by atoms with E-state index in [-0.39, 0.29) is 5.41 Å². The van der Waals surface area contributed by atoms with Gasteiger partial charge in [0.2, 0.25) is 0 Å². The molecule has 1 saturated carbocycles. The highest BCUT2D eigenvalue weighted by molar-refractivity contribution is 7.08. The van der Waals surface area contributed by atoms with Crippen molar-refractivity contribution in [1.82, 2.24) is 0 Å². The lowest BCUT2D eigenvalue weighted by Crippen LogP contribution is -2.01. The van der Waals surface area contributed by atoms with Gasteiger partial charge in [0.15, 0.2) is 0 Å². The van der Waals surface area contributed by atoms with Gasteiger partial charge in [-0.1, -0.05) is 0 Å². The van der Waals surface area contributed by atoms with Crippen LogP contribution in [0.3, 0.4) is 0 Å². The van der Waals surface area contributed by atoms with Gasteiger partial charge in [0.05, 0.1) is 11.5 Å². The highest BCUT2D eigenvalue weighted by atomic mass is 32.1. The molecule has 1 aromatic rings. The second-order valence-electron chi connectivity index (χ2n) is 3.16. The Morgan fingerprint density at radius 1 is 1.55 bits per heavy atom. The molecule has 1 nitrogen and oxygen atoms in total. The first-order chi connectivity index (χ1) is 5.28. The van der Waals surface area contributed by atoms with Crippen LogP contribution in [0.1, 0.15) is 24.0 Å². The van der Waals surface area contributed by atoms with E-state index in [9.17, 15) is 0 Å². The Hall–Kier alpha value is -0.810. The number of rotatable bonds is 1. The molecular weight excluding hydrogens is 154 g/mol. The molecule has 0 saturated heterocycles. The van der Waals surface area contributed by atoms with E-state index < -0.39 is 0 Å². The van der Waals surface area contributed by atoms with E-state index in [0.29, 0.717) is 0 Å². The Bertz CT molecular complexity index is 315. The molecule has 1 heterocycles. The topological polar surface area (TPSA) is 23.8 Å². The van der Waals surface area contributed by atoms with Gasteiger partial charge >= 0.3 is 0 Å². The Labute approximate surface area is 70.3 Å². The van der Waals surface area contributed by atoms with Crippen LogP contribution in [0.5, 0.6) is 0 Å². The molecule has 0 bridgehead atoms. The van der Waals surface area contributed by atoms with Crippen molar-refractivity contribution in [3.63, 3.8) is 0 Å². The number of nitrogens with zero attached hydrogens (tertiary/aromatic N) is 1. The summed E-state index contributed by atoms with van der Waals surface area (Å²) in [7, 11) is 0. The van der Waals surface area contributed by atoms with E-state index in [1.807, 2.05) is 0 Å². The average Bonchev–Trinajstić information content (AvgIpc) is 2.70. The maximum Gasteiger partial charge on any atom is 0.0834 e. The van der Waals surface area contributed by atoms with Crippen LogP contribution in [0.2, 0.25) is 0 Å². The highest BCUT2D eigenvalue weighted by Crippen LogP contribution is 2.49. The molecule has 0 aliphatic heterocycles. The summed E-state index contributed by atoms with van der Waals surface area (Å²) in [6.45, 7) is 2.09. The molecule has 1 aliphatic carbocycles. The normalized spacial score (nSPS) is 19.3. The minimum atomic E-state index is -0.0793. The van der Waals surface area contributed by atoms with Gasteiger partial charge in [-0.2, -0.15) is 16.6 Å². The van der Waals surface area contributed by atoms with Gasteiger partial charge < -0.3 is 0 Å². The lowest BCUT2D eigenvalue weighted by molar-refractivity contribution is 0.904. The SMILES string of the molecule is Cc1cscc1C1(C#N)CC1. The molecule has 0 N–H and O–H groups in total. The second-order valence-corrected chi connectivity index (χ2v) is 3.91. The number of nitriles is 1. The molecule has 56 valence electrons. The van der Waals surface area contributed by atoms with Gasteiger partial charge in [-0.3, -0.25) is 0 Å². The third-order valence-electron chi connectivity index (χ3n) is 2.34. The number of hydrogen-bond acceptors (Lipinski definition) is 2. The first-order valence-corrected chi connectivity index (χ1v) is 4.67. The Morgan fingerprint density at radius 2 is 2.27 bits per heavy atom. The van der Waals surface area contributed by atoms with Crippen molar-refractivity contribution in [3.8, 4) is 6.07 Å². The van der Waals surface area contributed by atoms with Crippen LogP contribution in [0.15, 0.2) is 10.8 Å². The highest BCUT2D eigenvalue weighted by Gasteiger charge is 2.45. The van der Waals surface area contributed by atoms with Crippen molar-refractivity contribution in [2.75, 3.05) is 0 Å². The monoisotopic (exact) mass is 163 g/mol. The van der Waals surface area contributed by atoms with E-state index in [0.717, 1.165) is 12.8 Å². The molecule has 2 heteroatoms. The number of hydrogen-bond donors (Lipinski definition) is 0. The van der Waals surface area contributed by atoms with Crippen LogP contribution in [-0.4, -0.2) is 0 Å². The molecule has 1 fully saturated rings. The minimum absolute atomic E-state index is 0.0793. The van der Waals surface area contributed by atoms with E-state index in [2.05, 4.69) is 23.8 Å². The molecule has 0 radical (unpaired) electrons. The van der Waals surface area contributed by atoms with Crippen molar-refractivity contribution in [2.45, 2.75) is 25.2 Å². The van der Waals surface area contributed by atoms with Crippen molar-refractivity contribution >= 4 is 11.3 Å². The molecule has 0 aromatic carbocycles. The number of aryl methyl sites for hydroxylation is 1. The third-order valence-corrected chi connectivity index (χ3v) is 3.20. The molecule has 0 amide bonds. The van der Waals surface area contributed by atoms with Crippen LogP contribution < -0.4 is 0 Å². The standard InChI is InChI=1S/C9H9NS/c1-7-4-11-5-8(7)9(6-10)2-3-9/h4-5H,2-3H2,1H3. The summed E-state index contributed by atoms with van der Waals surface area (Å²) in [4.78, 5) is 0. The molecule has 2 rings (SSSR count). The molecule has 0 spiro atoms. The molecule has 0 atom stereocenters. The summed E-state index contributed by atoms with van der Waals surface area (Å²) in [6.07, 6.45) is 2.11. The number of thiophene rings is 1. The van der Waals surface area contributed by atoms with Crippen molar-refractivity contribution in [1.29, 1.82) is 5.26 Å². The first-order valence-electron chi connectivity index (χ1n) is 3.73. The summed E-state index contributed by atoms with van der Waals surface area (Å²) in [5.41, 5.74) is 2.48. The van der Waals surface area contributed by atoms with Crippen molar-refractivity contribution < 1.29 is 0 Å². The van der Waals surface area contributed by atoms with Crippen LogP contribution in [0.4, 0.5) is 0 Å². The van der Waals surface area contributed by atoms with Crippen LogP contribution in [-0.2, 0) is 5.41 Å². The fourth-order valence-electron chi connectivity index (χ4n) is 1.42. The third kappa shape index (κ3) is 0.883. The summed E-state index contributed by atoms with van der Waals surface area (Å²) < 4.78 is 0. The molecule has 1 aliphatic rings. The van der Waals surface area contributed by atoms with Gasteiger partial charge in [-0.05, 0) is 41.7 Å². The average molecular weight is 163 g/mol. The fourth-order valence-corrected chi connectivity index (χ4v) is 2.36. The minimum Gasteiger partial charge on any atom is -0.197 e. The largest absolute Gasteiger partial charge is 0.197 e. The van der Waals surface area contributed by atoms with Crippen LogP contribution >= 0.6 is 11.3 Å². The van der Waals surface area contributed by atoms with Gasteiger partial charge in [0.25, 0.3) is 0 Å². The van der Waals surface area contributed by atoms with Crippen LogP contribution in [0, 0.1) is 18.3 Å². The molecular formula is C9H9NS.